The molecular formula is C16H13ClN2O3S. The highest BCUT2D eigenvalue weighted by Crippen LogP contribution is 2.21. The number of aromatic amines is 1. The summed E-state index contributed by atoms with van der Waals surface area (Å²) in [6.45, 7) is 1.72. The van der Waals surface area contributed by atoms with Gasteiger partial charge in [-0.2, -0.15) is 0 Å². The summed E-state index contributed by atoms with van der Waals surface area (Å²) in [5, 5.41) is 1.29. The minimum atomic E-state index is -3.72. The second-order valence-corrected chi connectivity index (χ2v) is 7.26. The molecule has 0 bridgehead atoms. The van der Waals surface area contributed by atoms with E-state index in [4.69, 9.17) is 11.6 Å². The molecule has 0 aliphatic heterocycles. The fourth-order valence-corrected chi connectivity index (χ4v) is 3.38. The molecular weight excluding hydrogens is 336 g/mol. The number of benzene rings is 2. The summed E-state index contributed by atoms with van der Waals surface area (Å²) in [6.07, 6.45) is 0. The van der Waals surface area contributed by atoms with Crippen LogP contribution < -0.4 is 10.3 Å². The van der Waals surface area contributed by atoms with Crippen molar-refractivity contribution in [1.29, 1.82) is 0 Å². The largest absolute Gasteiger partial charge is 0.322 e. The predicted octanol–water partition coefficient (Wildman–Crippen LogP) is 3.29. The molecule has 0 fully saturated rings. The molecule has 5 nitrogen and oxygen atoms in total. The predicted molar refractivity (Wildman–Crippen MR) is 91.6 cm³/mol. The summed E-state index contributed by atoms with van der Waals surface area (Å²) < 4.78 is 27.2. The second kappa shape index (κ2) is 5.72. The van der Waals surface area contributed by atoms with Crippen LogP contribution in [0.3, 0.4) is 0 Å². The first-order valence-corrected chi connectivity index (χ1v) is 8.63. The Kier molecular flexibility index (Phi) is 3.87. The van der Waals surface area contributed by atoms with E-state index in [1.54, 1.807) is 31.2 Å². The molecule has 0 unspecified atom stereocenters. The molecule has 0 spiro atoms. The van der Waals surface area contributed by atoms with Crippen LogP contribution in [0.2, 0.25) is 5.02 Å². The number of pyridine rings is 1. The van der Waals surface area contributed by atoms with Gasteiger partial charge in [0.1, 0.15) is 0 Å². The Bertz CT molecular complexity index is 1040. The first-order chi connectivity index (χ1) is 10.8. The van der Waals surface area contributed by atoms with Crippen molar-refractivity contribution < 1.29 is 8.42 Å². The van der Waals surface area contributed by atoms with E-state index in [1.165, 1.54) is 24.3 Å². The zero-order chi connectivity index (χ0) is 16.6. The van der Waals surface area contributed by atoms with Crippen molar-refractivity contribution in [3.63, 3.8) is 0 Å². The fraction of sp³-hybridized carbons (Fsp3) is 0.0625. The van der Waals surface area contributed by atoms with E-state index in [2.05, 4.69) is 9.71 Å². The van der Waals surface area contributed by atoms with Gasteiger partial charge in [-0.3, -0.25) is 9.52 Å². The number of aryl methyl sites for hydroxylation is 1. The van der Waals surface area contributed by atoms with E-state index in [0.29, 0.717) is 21.8 Å². The van der Waals surface area contributed by atoms with E-state index in [-0.39, 0.29) is 10.5 Å². The van der Waals surface area contributed by atoms with Crippen molar-refractivity contribution >= 4 is 38.2 Å². The van der Waals surface area contributed by atoms with Gasteiger partial charge in [-0.15, -0.1) is 0 Å². The van der Waals surface area contributed by atoms with Crippen molar-refractivity contribution in [2.45, 2.75) is 11.8 Å². The number of anilines is 1. The van der Waals surface area contributed by atoms with Crippen LogP contribution in [0.5, 0.6) is 0 Å². The third-order valence-corrected chi connectivity index (χ3v) is 5.06. The van der Waals surface area contributed by atoms with Gasteiger partial charge in [0.2, 0.25) is 0 Å². The lowest BCUT2D eigenvalue weighted by molar-refractivity contribution is 0.601. The number of sulfonamides is 1. The van der Waals surface area contributed by atoms with E-state index in [1.807, 2.05) is 0 Å². The first kappa shape index (κ1) is 15.6. The molecule has 1 heterocycles. The van der Waals surface area contributed by atoms with Gasteiger partial charge in [-0.25, -0.2) is 8.42 Å². The smallest absolute Gasteiger partial charge is 0.261 e. The summed E-state index contributed by atoms with van der Waals surface area (Å²) in [4.78, 5) is 14.5. The van der Waals surface area contributed by atoms with Crippen molar-refractivity contribution in [1.82, 2.24) is 4.98 Å². The molecule has 23 heavy (non-hydrogen) atoms. The van der Waals surface area contributed by atoms with Gasteiger partial charge >= 0.3 is 0 Å². The average Bonchev–Trinajstić information content (AvgIpc) is 2.49. The van der Waals surface area contributed by atoms with Crippen molar-refractivity contribution in [2.24, 2.45) is 0 Å². The van der Waals surface area contributed by atoms with E-state index >= 15 is 0 Å². The van der Waals surface area contributed by atoms with Crippen molar-refractivity contribution in [2.75, 3.05) is 4.72 Å². The fourth-order valence-electron chi connectivity index (χ4n) is 2.20. The van der Waals surface area contributed by atoms with Gasteiger partial charge in [0, 0.05) is 10.6 Å². The highest BCUT2D eigenvalue weighted by atomic mass is 35.5. The molecule has 0 aliphatic rings. The Labute approximate surface area is 138 Å². The molecule has 3 aromatic rings. The highest BCUT2D eigenvalue weighted by Gasteiger charge is 2.14. The van der Waals surface area contributed by atoms with Gasteiger partial charge in [0.25, 0.3) is 15.6 Å². The Morgan fingerprint density at radius 2 is 1.74 bits per heavy atom. The molecule has 3 rings (SSSR count). The summed E-state index contributed by atoms with van der Waals surface area (Å²) in [5.74, 6) is 0. The average molecular weight is 349 g/mol. The van der Waals surface area contributed by atoms with Gasteiger partial charge in [0.15, 0.2) is 0 Å². The second-order valence-electron chi connectivity index (χ2n) is 5.14. The molecule has 7 heteroatoms. The molecule has 0 amide bonds. The number of fused-ring (bicyclic) bond motifs is 1. The van der Waals surface area contributed by atoms with Crippen LogP contribution in [0.15, 0.2) is 58.2 Å². The minimum Gasteiger partial charge on any atom is -0.322 e. The minimum absolute atomic E-state index is 0.111. The van der Waals surface area contributed by atoms with Gasteiger partial charge in [-0.1, -0.05) is 17.7 Å². The van der Waals surface area contributed by atoms with E-state index in [9.17, 15) is 13.2 Å². The Morgan fingerprint density at radius 3 is 2.43 bits per heavy atom. The molecule has 0 saturated heterocycles. The number of hydrogen-bond acceptors (Lipinski definition) is 3. The maximum absolute atomic E-state index is 12.3. The normalized spacial score (nSPS) is 11.6. The van der Waals surface area contributed by atoms with Crippen LogP contribution in [-0.2, 0) is 10.0 Å². The number of H-pyrrole nitrogens is 1. The Morgan fingerprint density at radius 1 is 1.04 bits per heavy atom. The maximum Gasteiger partial charge on any atom is 0.261 e. The van der Waals surface area contributed by atoms with Crippen molar-refractivity contribution in [3.8, 4) is 0 Å². The Hall–Kier alpha value is -2.31. The molecule has 1 aromatic heterocycles. The van der Waals surface area contributed by atoms with Gasteiger partial charge < -0.3 is 4.98 Å². The summed E-state index contributed by atoms with van der Waals surface area (Å²) in [7, 11) is -3.72. The van der Waals surface area contributed by atoms with Crippen LogP contribution in [0.1, 0.15) is 5.56 Å². The standard InChI is InChI=1S/C16H13ClN2O3S/c1-10-8-11-2-5-13(9-15(11)18-16(10)20)19-23(21,22)14-6-3-12(17)4-7-14/h2-9,19H,1H3,(H,18,20). The van der Waals surface area contributed by atoms with Crippen LogP contribution in [0.25, 0.3) is 10.9 Å². The number of halogens is 1. The molecule has 0 aliphatic carbocycles. The van der Waals surface area contributed by atoms with E-state index in [0.717, 1.165) is 5.39 Å². The molecule has 0 radical (unpaired) electrons. The lowest BCUT2D eigenvalue weighted by Gasteiger charge is -2.09. The van der Waals surface area contributed by atoms with Gasteiger partial charge in [0.05, 0.1) is 16.1 Å². The van der Waals surface area contributed by atoms with Crippen LogP contribution >= 0.6 is 11.6 Å². The zero-order valence-corrected chi connectivity index (χ0v) is 13.7. The first-order valence-electron chi connectivity index (χ1n) is 6.77. The van der Waals surface area contributed by atoms with Crippen LogP contribution in [0.4, 0.5) is 5.69 Å². The summed E-state index contributed by atoms with van der Waals surface area (Å²) >= 11 is 5.77. The molecule has 2 N–H and O–H groups in total. The molecule has 0 atom stereocenters. The van der Waals surface area contributed by atoms with E-state index < -0.39 is 10.0 Å². The molecule has 0 saturated carbocycles. The number of nitrogens with one attached hydrogen (secondary N) is 2. The molecule has 2 aromatic carbocycles. The Balaban J connectivity index is 1.99. The quantitative estimate of drug-likeness (QED) is 0.762. The monoisotopic (exact) mass is 348 g/mol. The van der Waals surface area contributed by atoms with Crippen LogP contribution in [-0.4, -0.2) is 13.4 Å². The zero-order valence-electron chi connectivity index (χ0n) is 12.1. The van der Waals surface area contributed by atoms with Crippen molar-refractivity contribution in [3.05, 3.63) is 69.5 Å². The maximum atomic E-state index is 12.3. The number of rotatable bonds is 3. The highest BCUT2D eigenvalue weighted by molar-refractivity contribution is 7.92. The lowest BCUT2D eigenvalue weighted by Crippen LogP contribution is -2.13. The lowest BCUT2D eigenvalue weighted by atomic mass is 10.1. The third kappa shape index (κ3) is 3.23. The SMILES string of the molecule is Cc1cc2ccc(NS(=O)(=O)c3ccc(Cl)cc3)cc2[nH]c1=O. The number of hydrogen-bond donors (Lipinski definition) is 2. The third-order valence-electron chi connectivity index (χ3n) is 3.41. The summed E-state index contributed by atoms with van der Waals surface area (Å²) in [6, 6.07) is 12.6. The summed E-state index contributed by atoms with van der Waals surface area (Å²) in [5.41, 5.74) is 1.34. The topological polar surface area (TPSA) is 79.0 Å². The molecule has 118 valence electrons. The number of aromatic nitrogens is 1. The van der Waals surface area contributed by atoms with Gasteiger partial charge in [-0.05, 0) is 54.8 Å². The van der Waals surface area contributed by atoms with Crippen LogP contribution in [0, 0.1) is 6.92 Å².